The summed E-state index contributed by atoms with van der Waals surface area (Å²) in [5.74, 6) is 0.548. The first-order valence-electron chi connectivity index (χ1n) is 17.1. The number of para-hydroxylation sites is 1. The van der Waals surface area contributed by atoms with Crippen LogP contribution < -0.4 is 0 Å². The fourth-order valence-corrected chi connectivity index (χ4v) is 8.54. The van der Waals surface area contributed by atoms with Gasteiger partial charge in [0.25, 0.3) is 0 Å². The van der Waals surface area contributed by atoms with Crippen molar-refractivity contribution in [2.24, 2.45) is 0 Å². The van der Waals surface area contributed by atoms with Gasteiger partial charge in [0.1, 0.15) is 5.65 Å². The van der Waals surface area contributed by atoms with Crippen LogP contribution >= 0.6 is 0 Å². The maximum absolute atomic E-state index is 5.46. The predicted molar refractivity (Wildman–Crippen MR) is 205 cm³/mol. The van der Waals surface area contributed by atoms with Gasteiger partial charge in [-0.2, -0.15) is 0 Å². The lowest BCUT2D eigenvalue weighted by molar-refractivity contribution is 0.695. The Kier molecular flexibility index (Phi) is 5.53. The zero-order chi connectivity index (χ0) is 32.1. The van der Waals surface area contributed by atoms with Crippen LogP contribution in [0.15, 0.2) is 170 Å². The number of fused-ring (bicyclic) bond motifs is 15. The Morgan fingerprint density at radius 3 is 1.84 bits per heavy atom. The number of hydrogen-bond donors (Lipinski definition) is 0. The third-order valence-electron chi connectivity index (χ3n) is 10.9. The van der Waals surface area contributed by atoms with Crippen molar-refractivity contribution in [3.8, 4) is 33.5 Å². The molecule has 2 aliphatic carbocycles. The number of rotatable bonds is 2. The van der Waals surface area contributed by atoms with Crippen molar-refractivity contribution in [3.63, 3.8) is 0 Å². The zero-order valence-electron chi connectivity index (χ0n) is 26.7. The van der Waals surface area contributed by atoms with Gasteiger partial charge in [0.2, 0.25) is 0 Å². The second-order valence-electron chi connectivity index (χ2n) is 13.5. The van der Waals surface area contributed by atoms with E-state index in [2.05, 4.69) is 174 Å². The minimum atomic E-state index is 0.240. The molecule has 0 amide bonds. The minimum Gasteiger partial charge on any atom is -0.295 e. The molecule has 2 unspecified atom stereocenters. The Balaban J connectivity index is 1.07. The molecule has 0 N–H and O–H groups in total. The SMILES string of the molecule is C1=CC2c3ccccc3-c3nc4c5ccc(-c6ccc7cc(-c8ccc9ccccc9c8)ccc7c6)cc5c5ccccc5n4c3C2C=C1. The molecule has 0 saturated heterocycles. The van der Waals surface area contributed by atoms with E-state index in [9.17, 15) is 0 Å². The molecule has 9 aromatic rings. The maximum atomic E-state index is 5.46. The smallest absolute Gasteiger partial charge is 0.146 e. The number of imidazole rings is 1. The Morgan fingerprint density at radius 2 is 1.04 bits per heavy atom. The van der Waals surface area contributed by atoms with E-state index in [1.807, 2.05) is 0 Å². The van der Waals surface area contributed by atoms with Crippen molar-refractivity contribution >= 4 is 48.9 Å². The van der Waals surface area contributed by atoms with Crippen molar-refractivity contribution in [3.05, 3.63) is 181 Å². The number of allylic oxidation sites excluding steroid dienone is 4. The highest BCUT2D eigenvalue weighted by molar-refractivity contribution is 6.13. The summed E-state index contributed by atoms with van der Waals surface area (Å²) in [6.45, 7) is 0. The van der Waals surface area contributed by atoms with Crippen LogP contribution in [-0.2, 0) is 0 Å². The lowest BCUT2D eigenvalue weighted by Gasteiger charge is -2.31. The fourth-order valence-electron chi connectivity index (χ4n) is 8.54. The van der Waals surface area contributed by atoms with Crippen LogP contribution in [0.1, 0.15) is 23.1 Å². The zero-order valence-corrected chi connectivity index (χ0v) is 26.7. The van der Waals surface area contributed by atoms with Crippen LogP contribution in [0.3, 0.4) is 0 Å². The largest absolute Gasteiger partial charge is 0.295 e. The van der Waals surface area contributed by atoms with Crippen LogP contribution in [0.5, 0.6) is 0 Å². The summed E-state index contributed by atoms with van der Waals surface area (Å²) in [5.41, 5.74) is 12.2. The second kappa shape index (κ2) is 10.1. The monoisotopic (exact) mass is 622 g/mol. The minimum absolute atomic E-state index is 0.240. The molecule has 11 rings (SSSR count). The molecular weight excluding hydrogens is 593 g/mol. The number of nitrogens with zero attached hydrogens (tertiary/aromatic N) is 2. The molecule has 228 valence electrons. The summed E-state index contributed by atoms with van der Waals surface area (Å²) in [5, 5.41) is 8.69. The molecule has 0 aliphatic heterocycles. The number of hydrogen-bond acceptors (Lipinski definition) is 1. The van der Waals surface area contributed by atoms with Gasteiger partial charge in [-0.3, -0.25) is 4.40 Å². The number of aromatic nitrogens is 2. The first-order valence-corrected chi connectivity index (χ1v) is 17.1. The van der Waals surface area contributed by atoms with Gasteiger partial charge in [-0.1, -0.05) is 133 Å². The molecule has 2 aliphatic rings. The topological polar surface area (TPSA) is 17.3 Å². The second-order valence-corrected chi connectivity index (χ2v) is 13.5. The first kappa shape index (κ1) is 26.8. The Labute approximate surface area is 283 Å². The molecule has 2 heteroatoms. The maximum Gasteiger partial charge on any atom is 0.146 e. The molecule has 0 bridgehead atoms. The molecule has 2 atom stereocenters. The molecule has 2 aromatic heterocycles. The Morgan fingerprint density at radius 1 is 0.449 bits per heavy atom. The fraction of sp³-hybridized carbons (Fsp3) is 0.0426. The van der Waals surface area contributed by atoms with Gasteiger partial charge in [0.15, 0.2) is 0 Å². The van der Waals surface area contributed by atoms with Gasteiger partial charge in [-0.25, -0.2) is 4.98 Å². The summed E-state index contributed by atoms with van der Waals surface area (Å²) < 4.78 is 2.45. The van der Waals surface area contributed by atoms with Crippen LogP contribution in [0.4, 0.5) is 0 Å². The van der Waals surface area contributed by atoms with Gasteiger partial charge >= 0.3 is 0 Å². The van der Waals surface area contributed by atoms with Crippen molar-refractivity contribution < 1.29 is 0 Å². The summed E-state index contributed by atoms with van der Waals surface area (Å²) in [6.07, 6.45) is 9.11. The van der Waals surface area contributed by atoms with Crippen molar-refractivity contribution in [2.75, 3.05) is 0 Å². The van der Waals surface area contributed by atoms with Crippen LogP contribution in [0, 0.1) is 0 Å². The molecule has 2 heterocycles. The molecule has 49 heavy (non-hydrogen) atoms. The average molecular weight is 623 g/mol. The molecule has 0 spiro atoms. The molecule has 7 aromatic carbocycles. The van der Waals surface area contributed by atoms with Gasteiger partial charge < -0.3 is 0 Å². The summed E-state index contributed by atoms with van der Waals surface area (Å²) in [7, 11) is 0. The van der Waals surface area contributed by atoms with E-state index in [4.69, 9.17) is 4.98 Å². The predicted octanol–water partition coefficient (Wildman–Crippen LogP) is 12.3. The summed E-state index contributed by atoms with van der Waals surface area (Å²) in [6, 6.07) is 53.6. The highest BCUT2D eigenvalue weighted by Gasteiger charge is 2.36. The standard InChI is InChI=1S/C47H30N2/c1-2-10-30-25-31(18-17-29(30)9-1)32-19-20-34-27-35(22-21-33(34)26-32)36-23-24-42-43(28-36)39-13-7-8-16-44(39)49-46-41-15-6-4-12-38(41)37-11-3-5-14-40(37)45(46)48-47(42)49/h1-28,38,41H. The Bertz CT molecular complexity index is 2900. The molecule has 0 saturated carbocycles. The van der Waals surface area contributed by atoms with Crippen LogP contribution in [0.2, 0.25) is 0 Å². The van der Waals surface area contributed by atoms with Gasteiger partial charge in [0.05, 0.1) is 16.9 Å². The van der Waals surface area contributed by atoms with Crippen molar-refractivity contribution in [1.82, 2.24) is 9.38 Å². The van der Waals surface area contributed by atoms with Crippen molar-refractivity contribution in [1.29, 1.82) is 0 Å². The van der Waals surface area contributed by atoms with E-state index < -0.39 is 0 Å². The molecule has 0 fully saturated rings. The Hall–Kier alpha value is -6.25. The molecule has 2 nitrogen and oxygen atoms in total. The first-order chi connectivity index (χ1) is 24.3. The molecule has 0 radical (unpaired) electrons. The van der Waals surface area contributed by atoms with E-state index in [-0.39, 0.29) is 5.92 Å². The third kappa shape index (κ3) is 3.92. The third-order valence-corrected chi connectivity index (χ3v) is 10.9. The van der Waals surface area contributed by atoms with Crippen LogP contribution in [0.25, 0.3) is 82.4 Å². The summed E-state index contributed by atoms with van der Waals surface area (Å²) >= 11 is 0. The highest BCUT2D eigenvalue weighted by atomic mass is 15.0. The van der Waals surface area contributed by atoms with E-state index in [0.29, 0.717) is 5.92 Å². The van der Waals surface area contributed by atoms with E-state index in [0.717, 1.165) is 11.3 Å². The normalized spacial score (nSPS) is 16.4. The van der Waals surface area contributed by atoms with Crippen LogP contribution in [-0.4, -0.2) is 9.38 Å². The quantitative estimate of drug-likeness (QED) is 0.175. The lowest BCUT2D eigenvalue weighted by atomic mass is 9.74. The van der Waals surface area contributed by atoms with Gasteiger partial charge in [-0.05, 0) is 91.1 Å². The average Bonchev–Trinajstić information content (AvgIpc) is 3.59. The highest BCUT2D eigenvalue weighted by Crippen LogP contribution is 2.50. The van der Waals surface area contributed by atoms with E-state index in [1.54, 1.807) is 0 Å². The van der Waals surface area contributed by atoms with Crippen molar-refractivity contribution in [2.45, 2.75) is 11.8 Å². The molecular formula is C47H30N2. The lowest BCUT2D eigenvalue weighted by Crippen LogP contribution is -2.17. The summed E-state index contributed by atoms with van der Waals surface area (Å²) in [4.78, 5) is 5.46. The number of benzene rings is 7. The van der Waals surface area contributed by atoms with E-state index in [1.165, 1.54) is 82.3 Å². The number of pyridine rings is 1. The van der Waals surface area contributed by atoms with Gasteiger partial charge in [0, 0.05) is 28.2 Å². The van der Waals surface area contributed by atoms with Gasteiger partial charge in [-0.15, -0.1) is 0 Å². The van der Waals surface area contributed by atoms with E-state index >= 15 is 0 Å².